The van der Waals surface area contributed by atoms with Gasteiger partial charge in [-0.25, -0.2) is 23.0 Å². The van der Waals surface area contributed by atoms with Crippen molar-refractivity contribution >= 4 is 22.4 Å². The summed E-state index contributed by atoms with van der Waals surface area (Å²) < 4.78 is 46.3. The van der Waals surface area contributed by atoms with E-state index in [1.165, 1.54) is 36.0 Å². The van der Waals surface area contributed by atoms with E-state index in [0.29, 0.717) is 28.9 Å². The Morgan fingerprint density at radius 2 is 1.89 bits per heavy atom. The van der Waals surface area contributed by atoms with Crippen molar-refractivity contribution in [2.45, 2.75) is 38.6 Å². The van der Waals surface area contributed by atoms with Crippen molar-refractivity contribution in [3.05, 3.63) is 59.6 Å². The normalized spacial score (nSPS) is 23.2. The number of aromatic amines is 1. The molecular weight excluding hydrogens is 465 g/mol. The largest absolute Gasteiger partial charge is 0.364 e. The first-order valence-electron chi connectivity index (χ1n) is 12.2. The van der Waals surface area contributed by atoms with Crippen molar-refractivity contribution in [3.63, 3.8) is 0 Å². The third-order valence-corrected chi connectivity index (χ3v) is 8.12. The number of hydrogen-bond donors (Lipinski definition) is 2. The number of nitrogens with zero attached hydrogens (tertiary/aromatic N) is 4. The predicted molar refractivity (Wildman–Crippen MR) is 132 cm³/mol. The number of benzene rings is 1. The van der Waals surface area contributed by atoms with E-state index in [0.717, 1.165) is 18.9 Å². The van der Waals surface area contributed by atoms with Crippen LogP contribution in [0.1, 0.15) is 32.6 Å². The number of nitrogens with one attached hydrogen (secondary N) is 2. The fourth-order valence-corrected chi connectivity index (χ4v) is 6.27. The number of rotatable bonds is 4. The van der Waals surface area contributed by atoms with Crippen LogP contribution in [0.25, 0.3) is 38.1 Å². The van der Waals surface area contributed by atoms with Crippen LogP contribution in [-0.2, 0) is 7.05 Å². The van der Waals surface area contributed by atoms with Crippen LogP contribution in [0.4, 0.5) is 24.7 Å². The molecule has 3 saturated carbocycles. The average molecular weight is 491 g/mol. The minimum atomic E-state index is -0.749. The zero-order valence-electron chi connectivity index (χ0n) is 19.9. The highest BCUT2D eigenvalue weighted by atomic mass is 19.1. The lowest BCUT2D eigenvalue weighted by Gasteiger charge is -2.47. The van der Waals surface area contributed by atoms with E-state index < -0.39 is 17.5 Å². The first-order valence-corrected chi connectivity index (χ1v) is 12.2. The molecular formula is C27H25F3N6. The molecule has 1 aromatic carbocycles. The van der Waals surface area contributed by atoms with Gasteiger partial charge in [-0.3, -0.25) is 4.68 Å². The Bertz CT molecular complexity index is 1520. The van der Waals surface area contributed by atoms with Gasteiger partial charge in [-0.15, -0.1) is 0 Å². The number of aryl methyl sites for hydroxylation is 1. The van der Waals surface area contributed by atoms with E-state index in [-0.39, 0.29) is 39.7 Å². The Labute approximate surface area is 206 Å². The number of fused-ring (bicyclic) bond motifs is 4. The van der Waals surface area contributed by atoms with Gasteiger partial charge in [0.25, 0.3) is 0 Å². The fourth-order valence-electron chi connectivity index (χ4n) is 6.27. The monoisotopic (exact) mass is 490 g/mol. The Morgan fingerprint density at radius 3 is 2.56 bits per heavy atom. The fraction of sp³-hybridized carbons (Fsp3) is 0.370. The molecule has 9 heteroatoms. The van der Waals surface area contributed by atoms with Crippen molar-refractivity contribution in [1.82, 2.24) is 19.7 Å². The number of aromatic nitrogens is 4. The smallest absolute Gasteiger partial charge is 0.223 e. The van der Waals surface area contributed by atoms with Crippen molar-refractivity contribution < 1.29 is 13.2 Å². The van der Waals surface area contributed by atoms with Crippen molar-refractivity contribution in [2.24, 2.45) is 24.8 Å². The molecule has 36 heavy (non-hydrogen) atoms. The van der Waals surface area contributed by atoms with Gasteiger partial charge in [0.05, 0.1) is 24.0 Å². The molecule has 184 valence electrons. The maximum atomic E-state index is 16.2. The van der Waals surface area contributed by atoms with Gasteiger partial charge in [0.15, 0.2) is 11.6 Å². The highest BCUT2D eigenvalue weighted by Crippen LogP contribution is 2.48. The van der Waals surface area contributed by atoms with Crippen LogP contribution in [0.15, 0.2) is 30.7 Å². The topological polar surface area (TPSA) is 62.9 Å². The van der Waals surface area contributed by atoms with Gasteiger partial charge in [0.2, 0.25) is 5.69 Å². The molecule has 7 rings (SSSR count). The molecule has 0 spiro atoms. The minimum Gasteiger partial charge on any atom is -0.364 e. The van der Waals surface area contributed by atoms with Gasteiger partial charge in [0.1, 0.15) is 11.6 Å². The first kappa shape index (κ1) is 22.7. The van der Waals surface area contributed by atoms with Crippen LogP contribution in [0.5, 0.6) is 0 Å². The van der Waals surface area contributed by atoms with Crippen LogP contribution < -0.4 is 5.32 Å². The van der Waals surface area contributed by atoms with E-state index in [9.17, 15) is 8.78 Å². The molecule has 3 heterocycles. The van der Waals surface area contributed by atoms with Crippen LogP contribution in [0, 0.1) is 41.8 Å². The molecule has 4 aromatic rings. The molecule has 0 amide bonds. The highest BCUT2D eigenvalue weighted by Gasteiger charge is 2.42. The van der Waals surface area contributed by atoms with Crippen LogP contribution in [-0.4, -0.2) is 25.8 Å². The zero-order chi connectivity index (χ0) is 25.1. The standard InChI is InChI=1S/C27H25F3N6/c1-13-14-4-6-15(7-5-14)23(13)34-27-22(30)21(16-10-33-36(3)12-16)26(31-2)25(35-27)19-11-32-24-18(19)8-17(28)9-20(24)29/h8-15,23,32H,4-7H2,1,3H3,(H,34,35)/t13-,14?,15?,23+/m1/s1. The second-order valence-corrected chi connectivity index (χ2v) is 10.1. The maximum absolute atomic E-state index is 16.2. The van der Waals surface area contributed by atoms with Crippen molar-refractivity contribution in [3.8, 4) is 22.4 Å². The molecule has 3 aliphatic carbocycles. The third-order valence-electron chi connectivity index (χ3n) is 8.12. The molecule has 2 N–H and O–H groups in total. The molecule has 2 bridgehead atoms. The summed E-state index contributed by atoms with van der Waals surface area (Å²) >= 11 is 0. The second kappa shape index (κ2) is 8.40. The number of pyridine rings is 1. The number of H-pyrrole nitrogens is 1. The zero-order valence-corrected chi connectivity index (χ0v) is 19.9. The third kappa shape index (κ3) is 3.47. The summed E-state index contributed by atoms with van der Waals surface area (Å²) in [5, 5.41) is 7.80. The molecule has 0 aliphatic heterocycles. The van der Waals surface area contributed by atoms with Gasteiger partial charge < -0.3 is 10.3 Å². The van der Waals surface area contributed by atoms with Gasteiger partial charge >= 0.3 is 0 Å². The lowest BCUT2D eigenvalue weighted by molar-refractivity contribution is 0.0926. The maximum Gasteiger partial charge on any atom is 0.223 e. The number of halogens is 3. The molecule has 0 unspecified atom stereocenters. The molecule has 0 radical (unpaired) electrons. The predicted octanol–water partition coefficient (Wildman–Crippen LogP) is 6.84. The molecule has 2 atom stereocenters. The summed E-state index contributed by atoms with van der Waals surface area (Å²) in [6.07, 6.45) is 9.20. The van der Waals surface area contributed by atoms with Crippen LogP contribution in [0.2, 0.25) is 0 Å². The highest BCUT2D eigenvalue weighted by molar-refractivity contribution is 6.01. The molecule has 6 nitrogen and oxygen atoms in total. The van der Waals surface area contributed by atoms with Crippen molar-refractivity contribution in [2.75, 3.05) is 5.32 Å². The van der Waals surface area contributed by atoms with Crippen molar-refractivity contribution in [1.29, 1.82) is 0 Å². The Kier molecular flexibility index (Phi) is 5.29. The lowest BCUT2D eigenvalue weighted by Crippen LogP contribution is -2.47. The Morgan fingerprint density at radius 1 is 1.14 bits per heavy atom. The quantitative estimate of drug-likeness (QED) is 0.308. The van der Waals surface area contributed by atoms with Crippen LogP contribution >= 0.6 is 0 Å². The van der Waals surface area contributed by atoms with Gasteiger partial charge in [-0.2, -0.15) is 5.10 Å². The molecule has 3 aromatic heterocycles. The SMILES string of the molecule is [C-]#[N+]c1c(-c2c[nH]c3c(F)cc(F)cc23)nc(N[C@@H]2C3CCC(CC3)[C@H]2C)c(F)c1-c1cnn(C)c1. The number of anilines is 1. The lowest BCUT2D eigenvalue weighted by atomic mass is 9.62. The van der Waals surface area contributed by atoms with E-state index in [2.05, 4.69) is 32.2 Å². The summed E-state index contributed by atoms with van der Waals surface area (Å²) in [6.45, 7) is 10.1. The van der Waals surface area contributed by atoms with E-state index >= 15 is 4.39 Å². The summed E-state index contributed by atoms with van der Waals surface area (Å²) in [7, 11) is 1.71. The summed E-state index contributed by atoms with van der Waals surface area (Å²) in [5.41, 5.74) is 1.07. The molecule has 3 aliphatic rings. The average Bonchev–Trinajstić information content (AvgIpc) is 3.48. The van der Waals surface area contributed by atoms with E-state index in [1.807, 2.05) is 0 Å². The summed E-state index contributed by atoms with van der Waals surface area (Å²) in [4.78, 5) is 11.1. The Hall–Kier alpha value is -3.80. The van der Waals surface area contributed by atoms with E-state index in [1.54, 1.807) is 13.2 Å². The first-order chi connectivity index (χ1) is 17.4. The van der Waals surface area contributed by atoms with Gasteiger partial charge in [-0.05, 0) is 49.5 Å². The molecule has 3 fully saturated rings. The van der Waals surface area contributed by atoms with Gasteiger partial charge in [0, 0.05) is 53.6 Å². The number of hydrogen-bond acceptors (Lipinski definition) is 3. The van der Waals surface area contributed by atoms with E-state index in [4.69, 9.17) is 6.57 Å². The summed E-state index contributed by atoms with van der Waals surface area (Å²) in [5.74, 6) is -0.690. The Balaban J connectivity index is 1.58. The minimum absolute atomic E-state index is 0.0326. The van der Waals surface area contributed by atoms with Crippen LogP contribution in [0.3, 0.4) is 0 Å². The summed E-state index contributed by atoms with van der Waals surface area (Å²) in [6, 6.07) is 2.05. The molecule has 0 saturated heterocycles. The second-order valence-electron chi connectivity index (χ2n) is 10.1. The van der Waals surface area contributed by atoms with Gasteiger partial charge in [-0.1, -0.05) is 6.92 Å².